The molecule has 2 aliphatic rings. The molecule has 2 atom stereocenters. The van der Waals surface area contributed by atoms with Crippen molar-refractivity contribution in [2.75, 3.05) is 18.4 Å². The maximum absolute atomic E-state index is 12.6. The number of anilines is 1. The number of likely N-dealkylation sites (tertiary alicyclic amines) is 1. The molecule has 2 aromatic heterocycles. The van der Waals surface area contributed by atoms with E-state index in [9.17, 15) is 4.79 Å². The van der Waals surface area contributed by atoms with E-state index in [1.807, 2.05) is 27.7 Å². The van der Waals surface area contributed by atoms with Gasteiger partial charge >= 0.3 is 0 Å². The van der Waals surface area contributed by atoms with Gasteiger partial charge in [-0.05, 0) is 51.1 Å². The third-order valence-electron chi connectivity index (χ3n) is 5.43. The standard InChI is InChI=1S/C18H26N6O/c1-14(15-5-6-15)24-17(7-9-20-24)21-18(25)13-22-10-2-4-16(22)12-23-11-3-8-19-23/h3,7-9,11,14-16H,2,4-6,10,12-13H2,1H3,(H,21,25)/t14-,16-/m1/s1. The van der Waals surface area contributed by atoms with Crippen molar-refractivity contribution in [1.82, 2.24) is 24.5 Å². The normalized spacial score (nSPS) is 22.2. The minimum Gasteiger partial charge on any atom is -0.310 e. The lowest BCUT2D eigenvalue weighted by Gasteiger charge is -2.24. The number of aromatic nitrogens is 4. The van der Waals surface area contributed by atoms with E-state index in [1.54, 1.807) is 12.4 Å². The highest BCUT2D eigenvalue weighted by Gasteiger charge is 2.31. The molecule has 0 radical (unpaired) electrons. The Morgan fingerprint density at radius 1 is 1.32 bits per heavy atom. The quantitative estimate of drug-likeness (QED) is 0.837. The van der Waals surface area contributed by atoms with Crippen molar-refractivity contribution >= 4 is 11.7 Å². The summed E-state index contributed by atoms with van der Waals surface area (Å²) in [5.41, 5.74) is 0. The van der Waals surface area contributed by atoms with Gasteiger partial charge in [-0.25, -0.2) is 4.68 Å². The second-order valence-electron chi connectivity index (χ2n) is 7.28. The molecule has 3 heterocycles. The molecule has 2 fully saturated rings. The van der Waals surface area contributed by atoms with Crippen molar-refractivity contribution in [1.29, 1.82) is 0 Å². The maximum Gasteiger partial charge on any atom is 0.239 e. The summed E-state index contributed by atoms with van der Waals surface area (Å²) >= 11 is 0. The highest BCUT2D eigenvalue weighted by atomic mass is 16.2. The van der Waals surface area contributed by atoms with Gasteiger partial charge in [0.05, 0.1) is 25.3 Å². The Morgan fingerprint density at radius 3 is 2.96 bits per heavy atom. The predicted molar refractivity (Wildman–Crippen MR) is 95.1 cm³/mol. The number of carbonyl (C=O) groups excluding carboxylic acids is 1. The van der Waals surface area contributed by atoms with Crippen molar-refractivity contribution in [3.63, 3.8) is 0 Å². The molecule has 1 N–H and O–H groups in total. The van der Waals surface area contributed by atoms with E-state index in [0.29, 0.717) is 24.5 Å². The van der Waals surface area contributed by atoms with Crippen LogP contribution in [0.3, 0.4) is 0 Å². The summed E-state index contributed by atoms with van der Waals surface area (Å²) in [7, 11) is 0. The van der Waals surface area contributed by atoms with Crippen LogP contribution in [0.5, 0.6) is 0 Å². The molecule has 1 aliphatic heterocycles. The second kappa shape index (κ2) is 7.00. The zero-order valence-corrected chi connectivity index (χ0v) is 14.7. The number of carbonyl (C=O) groups is 1. The summed E-state index contributed by atoms with van der Waals surface area (Å²) < 4.78 is 3.91. The van der Waals surface area contributed by atoms with Crippen molar-refractivity contribution in [2.24, 2.45) is 5.92 Å². The number of amides is 1. The zero-order chi connectivity index (χ0) is 17.2. The Morgan fingerprint density at radius 2 is 2.20 bits per heavy atom. The van der Waals surface area contributed by atoms with Crippen LogP contribution in [0.25, 0.3) is 0 Å². The molecule has 0 spiro atoms. The monoisotopic (exact) mass is 342 g/mol. The molecule has 0 aromatic carbocycles. The number of hydrogen-bond acceptors (Lipinski definition) is 4. The van der Waals surface area contributed by atoms with Crippen LogP contribution in [0.2, 0.25) is 0 Å². The molecule has 0 bridgehead atoms. The first kappa shape index (κ1) is 16.3. The molecule has 4 rings (SSSR count). The first-order valence-corrected chi connectivity index (χ1v) is 9.25. The van der Waals surface area contributed by atoms with Crippen LogP contribution >= 0.6 is 0 Å². The molecule has 1 saturated carbocycles. The fourth-order valence-electron chi connectivity index (χ4n) is 3.82. The van der Waals surface area contributed by atoms with Gasteiger partial charge in [0.25, 0.3) is 0 Å². The number of nitrogens with one attached hydrogen (secondary N) is 1. The smallest absolute Gasteiger partial charge is 0.239 e. The summed E-state index contributed by atoms with van der Waals surface area (Å²) in [6.07, 6.45) is 10.3. The predicted octanol–water partition coefficient (Wildman–Crippen LogP) is 2.15. The lowest BCUT2D eigenvalue weighted by Crippen LogP contribution is -2.39. The van der Waals surface area contributed by atoms with Gasteiger partial charge in [-0.15, -0.1) is 0 Å². The molecule has 7 nitrogen and oxygen atoms in total. The fourth-order valence-corrected chi connectivity index (χ4v) is 3.82. The molecule has 1 amide bonds. The van der Waals surface area contributed by atoms with Gasteiger partial charge in [0, 0.05) is 24.5 Å². The second-order valence-corrected chi connectivity index (χ2v) is 7.28. The molecule has 25 heavy (non-hydrogen) atoms. The van der Waals surface area contributed by atoms with Crippen LogP contribution in [0.15, 0.2) is 30.7 Å². The Balaban J connectivity index is 1.35. The van der Waals surface area contributed by atoms with E-state index in [1.165, 1.54) is 12.8 Å². The van der Waals surface area contributed by atoms with Crippen LogP contribution in [0.4, 0.5) is 5.82 Å². The summed E-state index contributed by atoms with van der Waals surface area (Å²) in [6.45, 7) is 4.42. The number of hydrogen-bond donors (Lipinski definition) is 1. The summed E-state index contributed by atoms with van der Waals surface area (Å²) in [5, 5.41) is 11.7. The van der Waals surface area contributed by atoms with Crippen molar-refractivity contribution in [2.45, 2.75) is 51.2 Å². The third kappa shape index (κ3) is 3.76. The molecule has 134 valence electrons. The molecular weight excluding hydrogens is 316 g/mol. The Labute approximate surface area is 148 Å². The Hall–Kier alpha value is -2.15. The van der Waals surface area contributed by atoms with E-state index >= 15 is 0 Å². The Bertz CT molecular complexity index is 705. The van der Waals surface area contributed by atoms with Gasteiger partial charge in [-0.2, -0.15) is 10.2 Å². The molecule has 2 aromatic rings. The van der Waals surface area contributed by atoms with E-state index in [4.69, 9.17) is 0 Å². The lowest BCUT2D eigenvalue weighted by molar-refractivity contribution is -0.117. The van der Waals surface area contributed by atoms with Gasteiger partial charge in [0.15, 0.2) is 0 Å². The zero-order valence-electron chi connectivity index (χ0n) is 14.7. The molecule has 1 saturated heterocycles. The number of rotatable bonds is 7. The molecule has 7 heteroatoms. The first-order valence-electron chi connectivity index (χ1n) is 9.25. The minimum absolute atomic E-state index is 0.0390. The van der Waals surface area contributed by atoms with Gasteiger partial charge in [-0.1, -0.05) is 0 Å². The first-order chi connectivity index (χ1) is 12.2. The Kier molecular flexibility index (Phi) is 4.57. The van der Waals surface area contributed by atoms with E-state index in [2.05, 4.69) is 27.3 Å². The largest absolute Gasteiger partial charge is 0.310 e. The SMILES string of the molecule is C[C@H](C1CC1)n1nccc1NC(=O)CN1CCC[C@@H]1Cn1cccn1. The van der Waals surface area contributed by atoms with Crippen molar-refractivity contribution in [3.8, 4) is 0 Å². The molecule has 1 aliphatic carbocycles. The fraction of sp³-hybridized carbons (Fsp3) is 0.611. The average molecular weight is 342 g/mol. The van der Waals surface area contributed by atoms with Crippen LogP contribution in [-0.4, -0.2) is 49.5 Å². The van der Waals surface area contributed by atoms with E-state index < -0.39 is 0 Å². The van der Waals surface area contributed by atoms with Crippen molar-refractivity contribution in [3.05, 3.63) is 30.7 Å². The molecular formula is C18H26N6O. The van der Waals surface area contributed by atoms with E-state index in [0.717, 1.165) is 31.7 Å². The summed E-state index contributed by atoms with van der Waals surface area (Å²) in [4.78, 5) is 14.8. The van der Waals surface area contributed by atoms with E-state index in [-0.39, 0.29) is 5.91 Å². The van der Waals surface area contributed by atoms with Crippen LogP contribution in [-0.2, 0) is 11.3 Å². The minimum atomic E-state index is 0.0390. The van der Waals surface area contributed by atoms with Gasteiger partial charge in [0.2, 0.25) is 5.91 Å². The van der Waals surface area contributed by atoms with Crippen molar-refractivity contribution < 1.29 is 4.79 Å². The maximum atomic E-state index is 12.6. The van der Waals surface area contributed by atoms with Crippen LogP contribution < -0.4 is 5.32 Å². The van der Waals surface area contributed by atoms with Gasteiger partial charge < -0.3 is 5.32 Å². The number of nitrogens with zero attached hydrogens (tertiary/aromatic N) is 5. The summed E-state index contributed by atoms with van der Waals surface area (Å²) in [5.74, 6) is 1.55. The highest BCUT2D eigenvalue weighted by molar-refractivity contribution is 5.91. The average Bonchev–Trinajstić information content (AvgIpc) is 2.97. The topological polar surface area (TPSA) is 68.0 Å². The highest BCUT2D eigenvalue weighted by Crippen LogP contribution is 2.40. The molecule has 0 unspecified atom stereocenters. The van der Waals surface area contributed by atoms with Crippen LogP contribution in [0.1, 0.15) is 38.6 Å². The van der Waals surface area contributed by atoms with Gasteiger partial charge in [-0.3, -0.25) is 14.4 Å². The van der Waals surface area contributed by atoms with Gasteiger partial charge in [0.1, 0.15) is 5.82 Å². The third-order valence-corrected chi connectivity index (χ3v) is 5.43. The summed E-state index contributed by atoms with van der Waals surface area (Å²) in [6, 6.07) is 4.56. The van der Waals surface area contributed by atoms with Crippen LogP contribution in [0, 0.1) is 5.92 Å². The lowest BCUT2D eigenvalue weighted by atomic mass is 10.2.